The second-order valence-electron chi connectivity index (χ2n) is 4.21. The molecule has 0 aromatic carbocycles. The quantitative estimate of drug-likeness (QED) is 0.625. The molecule has 0 atom stereocenters. The molecule has 0 bridgehead atoms. The van der Waals surface area contributed by atoms with Crippen LogP contribution >= 0.6 is 0 Å². The topological polar surface area (TPSA) is 87.7 Å². The van der Waals surface area contributed by atoms with Crippen molar-refractivity contribution in [2.75, 3.05) is 6.61 Å². The molecule has 0 saturated heterocycles. The predicted octanol–water partition coefficient (Wildman–Crippen LogP) is 0.880. The van der Waals surface area contributed by atoms with Crippen molar-refractivity contribution in [3.8, 4) is 0 Å². The molecule has 1 fully saturated rings. The summed E-state index contributed by atoms with van der Waals surface area (Å²) in [6.45, 7) is 1.67. The van der Waals surface area contributed by atoms with E-state index in [0.717, 1.165) is 31.6 Å². The maximum absolute atomic E-state index is 11.2. The molecule has 3 N–H and O–H groups in total. The molecule has 1 aliphatic rings. The lowest BCUT2D eigenvalue weighted by molar-refractivity contribution is -0.144. The molecule has 6 heteroatoms. The molecular weight excluding hydrogens is 212 g/mol. The summed E-state index contributed by atoms with van der Waals surface area (Å²) in [5, 5.41) is 11.0. The molecule has 1 aliphatic carbocycles. The van der Waals surface area contributed by atoms with Crippen LogP contribution in [0.5, 0.6) is 0 Å². The van der Waals surface area contributed by atoms with Gasteiger partial charge in [0.05, 0.1) is 0 Å². The Labute approximate surface area is 94.3 Å². The molecular formula is C10H18N2O4. The van der Waals surface area contributed by atoms with E-state index in [2.05, 4.69) is 17.1 Å². The minimum Gasteiger partial charge on any atom is -0.479 e. The van der Waals surface area contributed by atoms with Gasteiger partial charge >= 0.3 is 12.0 Å². The van der Waals surface area contributed by atoms with E-state index in [1.54, 1.807) is 0 Å². The summed E-state index contributed by atoms with van der Waals surface area (Å²) in [7, 11) is 0. The van der Waals surface area contributed by atoms with Crippen LogP contribution in [0.15, 0.2) is 0 Å². The number of rotatable bonds is 4. The molecule has 1 rings (SSSR count). The number of carbonyl (C=O) groups is 2. The van der Waals surface area contributed by atoms with Crippen molar-refractivity contribution < 1.29 is 19.5 Å². The first-order valence-electron chi connectivity index (χ1n) is 5.48. The number of hydroxylamine groups is 1. The van der Waals surface area contributed by atoms with Crippen LogP contribution in [0, 0.1) is 5.92 Å². The average molecular weight is 230 g/mol. The SMILES string of the molecule is CC1CCC(NC(=O)NOCC(=O)O)CC1. The molecule has 0 aliphatic heterocycles. The van der Waals surface area contributed by atoms with Crippen LogP contribution in [0.25, 0.3) is 0 Å². The van der Waals surface area contributed by atoms with Crippen LogP contribution in [-0.4, -0.2) is 29.8 Å². The third-order valence-corrected chi connectivity index (χ3v) is 2.71. The van der Waals surface area contributed by atoms with Gasteiger partial charge in [0.15, 0.2) is 6.61 Å². The Morgan fingerprint density at radius 1 is 1.31 bits per heavy atom. The number of hydrogen-bond acceptors (Lipinski definition) is 3. The zero-order valence-corrected chi connectivity index (χ0v) is 9.36. The lowest BCUT2D eigenvalue weighted by Crippen LogP contribution is -2.43. The maximum Gasteiger partial charge on any atom is 0.338 e. The van der Waals surface area contributed by atoms with Gasteiger partial charge in [0.25, 0.3) is 0 Å². The summed E-state index contributed by atoms with van der Waals surface area (Å²) in [6, 6.07) is -0.301. The standard InChI is InChI=1S/C10H18N2O4/c1-7-2-4-8(5-3-7)11-10(15)12-16-6-9(13)14/h7-8H,2-6H2,1H3,(H,13,14)(H2,11,12,15). The normalized spacial score (nSPS) is 24.8. The zero-order valence-electron chi connectivity index (χ0n) is 9.36. The highest BCUT2D eigenvalue weighted by molar-refractivity contribution is 5.73. The van der Waals surface area contributed by atoms with Crippen molar-refractivity contribution in [3.63, 3.8) is 0 Å². The Morgan fingerprint density at radius 2 is 1.94 bits per heavy atom. The van der Waals surface area contributed by atoms with Gasteiger partial charge in [-0.1, -0.05) is 6.92 Å². The first kappa shape index (κ1) is 12.8. The van der Waals surface area contributed by atoms with E-state index in [9.17, 15) is 9.59 Å². The van der Waals surface area contributed by atoms with E-state index in [4.69, 9.17) is 5.11 Å². The second-order valence-corrected chi connectivity index (χ2v) is 4.21. The number of aliphatic carboxylic acids is 1. The number of hydrogen-bond donors (Lipinski definition) is 3. The average Bonchev–Trinajstić information content (AvgIpc) is 2.21. The second kappa shape index (κ2) is 6.32. The number of carboxylic acid groups (broad SMARTS) is 1. The Bertz CT molecular complexity index is 249. The van der Waals surface area contributed by atoms with E-state index in [1.807, 2.05) is 5.48 Å². The fraction of sp³-hybridized carbons (Fsp3) is 0.800. The van der Waals surface area contributed by atoms with E-state index >= 15 is 0 Å². The molecule has 0 heterocycles. The van der Waals surface area contributed by atoms with Crippen LogP contribution in [0.1, 0.15) is 32.6 Å². The minimum absolute atomic E-state index is 0.171. The van der Waals surface area contributed by atoms with Gasteiger partial charge in [-0.05, 0) is 31.6 Å². The Kier molecular flexibility index (Phi) is 5.04. The summed E-state index contributed by atoms with van der Waals surface area (Å²) < 4.78 is 0. The molecule has 0 radical (unpaired) electrons. The van der Waals surface area contributed by atoms with Crippen molar-refractivity contribution in [1.29, 1.82) is 0 Å². The van der Waals surface area contributed by atoms with Crippen LogP contribution in [-0.2, 0) is 9.63 Å². The maximum atomic E-state index is 11.2. The van der Waals surface area contributed by atoms with Gasteiger partial charge in [0, 0.05) is 6.04 Å². The fourth-order valence-corrected chi connectivity index (χ4v) is 1.78. The minimum atomic E-state index is -1.12. The van der Waals surface area contributed by atoms with Gasteiger partial charge in [-0.15, -0.1) is 0 Å². The first-order chi connectivity index (χ1) is 7.58. The smallest absolute Gasteiger partial charge is 0.338 e. The number of carboxylic acids is 1. The van der Waals surface area contributed by atoms with Gasteiger partial charge < -0.3 is 10.4 Å². The lowest BCUT2D eigenvalue weighted by atomic mass is 9.87. The predicted molar refractivity (Wildman–Crippen MR) is 56.7 cm³/mol. The highest BCUT2D eigenvalue weighted by Crippen LogP contribution is 2.23. The highest BCUT2D eigenvalue weighted by Gasteiger charge is 2.19. The molecule has 2 amide bonds. The van der Waals surface area contributed by atoms with Crippen molar-refractivity contribution in [2.45, 2.75) is 38.6 Å². The van der Waals surface area contributed by atoms with Crippen LogP contribution in [0.3, 0.4) is 0 Å². The van der Waals surface area contributed by atoms with Crippen molar-refractivity contribution in [1.82, 2.24) is 10.8 Å². The van der Waals surface area contributed by atoms with Crippen LogP contribution < -0.4 is 10.8 Å². The van der Waals surface area contributed by atoms with Crippen molar-refractivity contribution in [3.05, 3.63) is 0 Å². The zero-order chi connectivity index (χ0) is 12.0. The summed E-state index contributed by atoms with van der Waals surface area (Å²) in [4.78, 5) is 25.8. The fourth-order valence-electron chi connectivity index (χ4n) is 1.78. The summed E-state index contributed by atoms with van der Waals surface area (Å²) >= 11 is 0. The first-order valence-corrected chi connectivity index (χ1v) is 5.48. The Hall–Kier alpha value is -1.30. The third kappa shape index (κ3) is 4.97. The number of amides is 2. The number of urea groups is 1. The van der Waals surface area contributed by atoms with Crippen molar-refractivity contribution in [2.24, 2.45) is 5.92 Å². The molecule has 1 saturated carbocycles. The van der Waals surface area contributed by atoms with E-state index < -0.39 is 18.6 Å². The third-order valence-electron chi connectivity index (χ3n) is 2.71. The lowest BCUT2D eigenvalue weighted by Gasteiger charge is -2.26. The van der Waals surface area contributed by atoms with Crippen molar-refractivity contribution >= 4 is 12.0 Å². The Morgan fingerprint density at radius 3 is 2.50 bits per heavy atom. The summed E-state index contributed by atoms with van der Waals surface area (Å²) in [5.41, 5.74) is 2.04. The summed E-state index contributed by atoms with van der Waals surface area (Å²) in [6.07, 6.45) is 4.16. The molecule has 0 aromatic heterocycles. The molecule has 0 spiro atoms. The van der Waals surface area contributed by atoms with Gasteiger partial charge in [-0.2, -0.15) is 0 Å². The van der Waals surface area contributed by atoms with Gasteiger partial charge in [-0.3, -0.25) is 4.84 Å². The number of carbonyl (C=O) groups excluding carboxylic acids is 1. The van der Waals surface area contributed by atoms with Gasteiger partial charge in [0.2, 0.25) is 0 Å². The van der Waals surface area contributed by atoms with Gasteiger partial charge in [-0.25, -0.2) is 15.1 Å². The molecule has 0 aromatic rings. The van der Waals surface area contributed by atoms with E-state index in [0.29, 0.717) is 0 Å². The number of nitrogens with one attached hydrogen (secondary N) is 2. The van der Waals surface area contributed by atoms with E-state index in [-0.39, 0.29) is 6.04 Å². The largest absolute Gasteiger partial charge is 0.479 e. The van der Waals surface area contributed by atoms with Crippen LogP contribution in [0.4, 0.5) is 4.79 Å². The summed E-state index contributed by atoms with van der Waals surface area (Å²) in [5.74, 6) is -0.392. The molecule has 16 heavy (non-hydrogen) atoms. The van der Waals surface area contributed by atoms with Gasteiger partial charge in [0.1, 0.15) is 0 Å². The van der Waals surface area contributed by atoms with E-state index in [1.165, 1.54) is 0 Å². The van der Waals surface area contributed by atoms with Crippen LogP contribution in [0.2, 0.25) is 0 Å². The molecule has 92 valence electrons. The monoisotopic (exact) mass is 230 g/mol. The highest BCUT2D eigenvalue weighted by atomic mass is 16.7. The molecule has 6 nitrogen and oxygen atoms in total. The Balaban J connectivity index is 2.11. The molecule has 0 unspecified atom stereocenters.